The molecule has 0 heterocycles. The molecule has 0 saturated heterocycles. The van der Waals surface area contributed by atoms with Gasteiger partial charge in [0.05, 0.1) is 13.7 Å². The Labute approximate surface area is 124 Å². The van der Waals surface area contributed by atoms with Crippen LogP contribution in [0.25, 0.3) is 11.1 Å². The molecule has 0 spiro atoms. The molecule has 0 fully saturated rings. The van der Waals surface area contributed by atoms with Crippen molar-refractivity contribution in [2.45, 2.75) is 26.1 Å². The summed E-state index contributed by atoms with van der Waals surface area (Å²) in [5.41, 5.74) is 3.62. The summed E-state index contributed by atoms with van der Waals surface area (Å²) >= 11 is 0. The van der Waals surface area contributed by atoms with Crippen LogP contribution in [-0.2, 0) is 12.2 Å². The molecule has 21 heavy (non-hydrogen) atoms. The van der Waals surface area contributed by atoms with Gasteiger partial charge in [0, 0.05) is 0 Å². The van der Waals surface area contributed by atoms with Crippen LogP contribution in [-0.4, -0.2) is 17.3 Å². The summed E-state index contributed by atoms with van der Waals surface area (Å²) in [6.07, 6.45) is 0. The molecule has 0 aromatic heterocycles. The summed E-state index contributed by atoms with van der Waals surface area (Å²) in [5, 5.41) is 20.7. The second-order valence-electron chi connectivity index (χ2n) is 5.87. The Kier molecular flexibility index (Phi) is 3.27. The van der Waals surface area contributed by atoms with Crippen molar-refractivity contribution >= 4 is 0 Å². The highest BCUT2D eigenvalue weighted by molar-refractivity contribution is 5.81. The van der Waals surface area contributed by atoms with E-state index in [4.69, 9.17) is 4.74 Å². The summed E-state index contributed by atoms with van der Waals surface area (Å²) in [4.78, 5) is 0. The highest BCUT2D eigenvalue weighted by Gasteiger charge is 2.44. The Morgan fingerprint density at radius 1 is 1.05 bits per heavy atom. The second kappa shape index (κ2) is 4.86. The van der Waals surface area contributed by atoms with Crippen molar-refractivity contribution in [3.63, 3.8) is 0 Å². The Balaban J connectivity index is 2.32. The predicted octanol–water partition coefficient (Wildman–Crippen LogP) is 3.06. The molecule has 0 amide bonds. The average molecular weight is 284 g/mol. The van der Waals surface area contributed by atoms with E-state index in [0.717, 1.165) is 33.6 Å². The van der Waals surface area contributed by atoms with Crippen molar-refractivity contribution in [3.8, 4) is 16.9 Å². The number of methoxy groups -OCH3 is 1. The number of aliphatic hydroxyl groups excluding tert-OH is 1. The molecule has 0 radical (unpaired) electrons. The van der Waals surface area contributed by atoms with E-state index in [9.17, 15) is 10.2 Å². The Morgan fingerprint density at radius 3 is 2.24 bits per heavy atom. The van der Waals surface area contributed by atoms with Crippen LogP contribution in [0.5, 0.6) is 5.75 Å². The lowest BCUT2D eigenvalue weighted by Crippen LogP contribution is -2.31. The second-order valence-corrected chi connectivity index (χ2v) is 5.87. The Bertz CT molecular complexity index is 635. The molecule has 0 aliphatic heterocycles. The zero-order valence-corrected chi connectivity index (χ0v) is 12.6. The van der Waals surface area contributed by atoms with E-state index in [2.05, 4.69) is 0 Å². The normalized spacial score (nSPS) is 19.5. The molecule has 0 bridgehead atoms. The zero-order chi connectivity index (χ0) is 15.2. The molecule has 3 nitrogen and oxygen atoms in total. The van der Waals surface area contributed by atoms with E-state index in [1.165, 1.54) is 0 Å². The van der Waals surface area contributed by atoms with Crippen molar-refractivity contribution in [2.24, 2.45) is 5.92 Å². The number of rotatable bonds is 3. The van der Waals surface area contributed by atoms with Gasteiger partial charge < -0.3 is 14.9 Å². The van der Waals surface area contributed by atoms with Gasteiger partial charge in [0.25, 0.3) is 0 Å². The minimum absolute atomic E-state index is 0.00725. The van der Waals surface area contributed by atoms with Crippen LogP contribution < -0.4 is 4.74 Å². The first-order valence-electron chi connectivity index (χ1n) is 7.18. The van der Waals surface area contributed by atoms with Gasteiger partial charge in [0.15, 0.2) is 0 Å². The Morgan fingerprint density at radius 2 is 1.67 bits per heavy atom. The average Bonchev–Trinajstić information content (AvgIpc) is 2.77. The fourth-order valence-corrected chi connectivity index (χ4v) is 3.22. The molecule has 3 rings (SSSR count). The molecule has 1 unspecified atom stereocenters. The Hall–Kier alpha value is -1.84. The van der Waals surface area contributed by atoms with Crippen molar-refractivity contribution in [1.29, 1.82) is 0 Å². The van der Waals surface area contributed by atoms with E-state index in [1.54, 1.807) is 7.11 Å². The number of benzene rings is 2. The maximum absolute atomic E-state index is 11.3. The van der Waals surface area contributed by atoms with Gasteiger partial charge in [-0.2, -0.15) is 0 Å². The van der Waals surface area contributed by atoms with Gasteiger partial charge in [0.1, 0.15) is 11.4 Å². The first kappa shape index (κ1) is 14.1. The molecular formula is C18H20O3. The van der Waals surface area contributed by atoms with E-state index >= 15 is 0 Å². The van der Waals surface area contributed by atoms with Crippen LogP contribution >= 0.6 is 0 Å². The summed E-state index contributed by atoms with van der Waals surface area (Å²) in [5.74, 6) is 0.813. The van der Waals surface area contributed by atoms with E-state index < -0.39 is 5.60 Å². The highest BCUT2D eigenvalue weighted by atomic mass is 16.5. The molecule has 2 aromatic carbocycles. The van der Waals surface area contributed by atoms with Crippen LogP contribution in [0.1, 0.15) is 30.5 Å². The van der Waals surface area contributed by atoms with Crippen LogP contribution in [0.15, 0.2) is 36.4 Å². The lowest BCUT2D eigenvalue weighted by atomic mass is 9.81. The van der Waals surface area contributed by atoms with Crippen molar-refractivity contribution in [2.75, 3.05) is 7.11 Å². The third-order valence-electron chi connectivity index (χ3n) is 4.44. The van der Waals surface area contributed by atoms with Crippen molar-refractivity contribution in [1.82, 2.24) is 0 Å². The molecular weight excluding hydrogens is 264 g/mol. The smallest absolute Gasteiger partial charge is 0.119 e. The van der Waals surface area contributed by atoms with Gasteiger partial charge in [-0.15, -0.1) is 0 Å². The third-order valence-corrected chi connectivity index (χ3v) is 4.44. The predicted molar refractivity (Wildman–Crippen MR) is 82.2 cm³/mol. The van der Waals surface area contributed by atoms with E-state index in [0.29, 0.717) is 0 Å². The summed E-state index contributed by atoms with van der Waals surface area (Å²) in [6.45, 7) is 4.03. The maximum atomic E-state index is 11.3. The van der Waals surface area contributed by atoms with Crippen molar-refractivity contribution < 1.29 is 14.9 Å². The van der Waals surface area contributed by atoms with Crippen molar-refractivity contribution in [3.05, 3.63) is 53.1 Å². The highest BCUT2D eigenvalue weighted by Crippen LogP contribution is 2.52. The number of aliphatic hydroxyl groups is 2. The minimum Gasteiger partial charge on any atom is -0.497 e. The van der Waals surface area contributed by atoms with Crippen LogP contribution in [0, 0.1) is 5.92 Å². The standard InChI is InChI=1S/C18H20O3/c1-11(2)18(20)16-6-4-12(10-19)8-14(16)15-9-13(21-3)5-7-17(15)18/h4-9,11,19-20H,10H2,1-3H3. The maximum Gasteiger partial charge on any atom is 0.119 e. The molecule has 3 heteroatoms. The first-order valence-corrected chi connectivity index (χ1v) is 7.18. The SMILES string of the molecule is COc1ccc2c(c1)-c1cc(CO)ccc1C2(O)C(C)C. The van der Waals surface area contributed by atoms with E-state index in [-0.39, 0.29) is 12.5 Å². The van der Waals surface area contributed by atoms with Crippen LogP contribution in [0.3, 0.4) is 0 Å². The molecule has 1 aliphatic rings. The summed E-state index contributed by atoms with van der Waals surface area (Å²) < 4.78 is 5.31. The number of hydrogen-bond acceptors (Lipinski definition) is 3. The lowest BCUT2D eigenvalue weighted by Gasteiger charge is -2.30. The zero-order valence-electron chi connectivity index (χ0n) is 12.6. The quantitative estimate of drug-likeness (QED) is 0.910. The summed E-state index contributed by atoms with van der Waals surface area (Å²) in [6, 6.07) is 11.5. The number of ether oxygens (including phenoxy) is 1. The fourth-order valence-electron chi connectivity index (χ4n) is 3.22. The molecule has 0 saturated carbocycles. The molecule has 1 atom stereocenters. The topological polar surface area (TPSA) is 49.7 Å². The summed E-state index contributed by atoms with van der Waals surface area (Å²) in [7, 11) is 1.64. The van der Waals surface area contributed by atoms with Gasteiger partial charge >= 0.3 is 0 Å². The molecule has 110 valence electrons. The van der Waals surface area contributed by atoms with Gasteiger partial charge in [-0.05, 0) is 51.9 Å². The lowest BCUT2D eigenvalue weighted by molar-refractivity contribution is 0.0363. The van der Waals surface area contributed by atoms with E-state index in [1.807, 2.05) is 50.2 Å². The van der Waals surface area contributed by atoms with Crippen LogP contribution in [0.2, 0.25) is 0 Å². The molecule has 2 aromatic rings. The number of fused-ring (bicyclic) bond motifs is 3. The van der Waals surface area contributed by atoms with Gasteiger partial charge in [-0.3, -0.25) is 0 Å². The molecule has 2 N–H and O–H groups in total. The minimum atomic E-state index is -0.995. The monoisotopic (exact) mass is 284 g/mol. The third kappa shape index (κ3) is 1.88. The first-order chi connectivity index (χ1) is 10.0. The largest absolute Gasteiger partial charge is 0.497 e. The van der Waals surface area contributed by atoms with Gasteiger partial charge in [0.2, 0.25) is 0 Å². The van der Waals surface area contributed by atoms with Gasteiger partial charge in [-0.1, -0.05) is 32.0 Å². The molecule has 1 aliphatic carbocycles. The fraction of sp³-hybridized carbons (Fsp3) is 0.333. The number of hydrogen-bond donors (Lipinski definition) is 2. The van der Waals surface area contributed by atoms with Crippen LogP contribution in [0.4, 0.5) is 0 Å². The van der Waals surface area contributed by atoms with Gasteiger partial charge in [-0.25, -0.2) is 0 Å².